The summed E-state index contributed by atoms with van der Waals surface area (Å²) in [6.45, 7) is 1.76. The third-order valence-corrected chi connectivity index (χ3v) is 6.28. The summed E-state index contributed by atoms with van der Waals surface area (Å²) < 4.78 is 16.7. The lowest BCUT2D eigenvalue weighted by Crippen LogP contribution is -2.31. The highest BCUT2D eigenvalue weighted by atomic mass is 32.1. The Morgan fingerprint density at radius 3 is 2.75 bits per heavy atom. The Morgan fingerprint density at radius 1 is 1.29 bits per heavy atom. The molecule has 28 heavy (non-hydrogen) atoms. The molecular weight excluding hydrogens is 381 g/mol. The van der Waals surface area contributed by atoms with Gasteiger partial charge in [-0.15, -0.1) is 11.3 Å². The van der Waals surface area contributed by atoms with E-state index in [1.54, 1.807) is 37.3 Å². The van der Waals surface area contributed by atoms with Crippen LogP contribution < -0.4 is 5.56 Å². The van der Waals surface area contributed by atoms with Crippen LogP contribution in [0.4, 0.5) is 4.39 Å². The summed E-state index contributed by atoms with van der Waals surface area (Å²) in [6, 6.07) is 9.08. The zero-order valence-corrected chi connectivity index (χ0v) is 15.5. The van der Waals surface area contributed by atoms with Gasteiger partial charge in [-0.3, -0.25) is 9.59 Å². The normalized spacial score (nSPS) is 16.3. The van der Waals surface area contributed by atoms with Crippen LogP contribution in [0.15, 0.2) is 41.2 Å². The molecule has 3 heterocycles. The van der Waals surface area contributed by atoms with Crippen molar-refractivity contribution in [2.24, 2.45) is 0 Å². The molecule has 8 heteroatoms. The molecule has 6 nitrogen and oxygen atoms in total. The van der Waals surface area contributed by atoms with Gasteiger partial charge in [0.2, 0.25) is 0 Å². The average molecular weight is 395 g/mol. The van der Waals surface area contributed by atoms with Crippen molar-refractivity contribution in [2.45, 2.75) is 25.3 Å². The number of halogens is 1. The molecule has 0 saturated heterocycles. The average Bonchev–Trinajstić information content (AvgIpc) is 3.27. The summed E-state index contributed by atoms with van der Waals surface area (Å²) in [5, 5.41) is 15.6. The van der Waals surface area contributed by atoms with E-state index in [2.05, 4.69) is 10.1 Å². The number of rotatable bonds is 4. The summed E-state index contributed by atoms with van der Waals surface area (Å²) in [7, 11) is 0. The van der Waals surface area contributed by atoms with Gasteiger partial charge < -0.3 is 5.11 Å². The van der Waals surface area contributed by atoms with Crippen molar-refractivity contribution in [3.63, 3.8) is 0 Å². The highest BCUT2D eigenvalue weighted by Crippen LogP contribution is 2.43. The molecule has 1 aliphatic heterocycles. The Hall–Kier alpha value is -3.13. The maximum atomic E-state index is 14.6. The summed E-state index contributed by atoms with van der Waals surface area (Å²) in [4.78, 5) is 29.4. The largest absolute Gasteiger partial charge is 0.481 e. The number of thiazole rings is 1. The van der Waals surface area contributed by atoms with Crippen LogP contribution in [-0.2, 0) is 4.79 Å². The highest BCUT2D eigenvalue weighted by Gasteiger charge is 2.36. The summed E-state index contributed by atoms with van der Waals surface area (Å²) in [6.07, 6.45) is 0.319. The topological polar surface area (TPSA) is 85.1 Å². The van der Waals surface area contributed by atoms with Crippen LogP contribution in [0.1, 0.15) is 41.6 Å². The van der Waals surface area contributed by atoms with Crippen LogP contribution in [0.3, 0.4) is 0 Å². The zero-order valence-electron chi connectivity index (χ0n) is 14.7. The van der Waals surface area contributed by atoms with Gasteiger partial charge in [-0.25, -0.2) is 14.1 Å². The second kappa shape index (κ2) is 5.93. The van der Waals surface area contributed by atoms with Crippen LogP contribution >= 0.6 is 11.3 Å². The predicted octanol–water partition coefficient (Wildman–Crippen LogP) is 3.67. The lowest BCUT2D eigenvalue weighted by atomic mass is 9.97. The second-order valence-corrected chi connectivity index (χ2v) is 7.80. The van der Waals surface area contributed by atoms with Crippen molar-refractivity contribution < 1.29 is 14.3 Å². The Morgan fingerprint density at radius 2 is 2.04 bits per heavy atom. The minimum atomic E-state index is -1.01. The molecule has 0 amide bonds. The van der Waals surface area contributed by atoms with E-state index < -0.39 is 29.3 Å². The quantitative estimate of drug-likeness (QED) is 0.502. The van der Waals surface area contributed by atoms with Crippen molar-refractivity contribution in [1.82, 2.24) is 14.8 Å². The van der Waals surface area contributed by atoms with Gasteiger partial charge in [-0.2, -0.15) is 5.10 Å². The van der Waals surface area contributed by atoms with E-state index in [1.165, 1.54) is 22.1 Å². The number of carbonyl (C=O) groups is 1. The van der Waals surface area contributed by atoms with Gasteiger partial charge in [0.15, 0.2) is 0 Å². The van der Waals surface area contributed by atoms with E-state index in [0.717, 1.165) is 4.70 Å². The molecule has 1 aliphatic rings. The number of benzene rings is 2. The molecule has 1 N–H and O–H groups in total. The number of carboxylic acids is 1. The SMILES string of the molecule is CCC(C(=O)O)c1nn(C2c3nc4c2c(F)ccc4s3)c(=O)c2ccccc12. The van der Waals surface area contributed by atoms with Crippen LogP contribution in [0.5, 0.6) is 0 Å². The lowest BCUT2D eigenvalue weighted by molar-refractivity contribution is -0.138. The zero-order chi connectivity index (χ0) is 19.6. The Balaban J connectivity index is 1.83. The molecule has 0 fully saturated rings. The first-order chi connectivity index (χ1) is 13.5. The standard InChI is InChI=1S/C20H14FN3O3S/c1-2-9(20(26)27)15-10-5-3-4-6-11(10)19(25)24(23-15)17-14-12(21)7-8-13-16(14)22-18(17)28-13/h3-9,17H,2H2,1H3,(H,26,27). The Bertz CT molecular complexity index is 1340. The molecule has 0 aliphatic carbocycles. The van der Waals surface area contributed by atoms with Crippen LogP contribution in [0, 0.1) is 5.82 Å². The molecule has 2 bridgehead atoms. The fourth-order valence-electron chi connectivity index (χ4n) is 3.88. The van der Waals surface area contributed by atoms with E-state index in [9.17, 15) is 19.1 Å². The number of nitrogens with zero attached hydrogens (tertiary/aromatic N) is 3. The molecule has 0 spiro atoms. The van der Waals surface area contributed by atoms with Gasteiger partial charge >= 0.3 is 5.97 Å². The van der Waals surface area contributed by atoms with Crippen molar-refractivity contribution in [1.29, 1.82) is 0 Å². The van der Waals surface area contributed by atoms with Crippen molar-refractivity contribution in [2.75, 3.05) is 0 Å². The summed E-state index contributed by atoms with van der Waals surface area (Å²) in [5.74, 6) is -2.33. The third kappa shape index (κ3) is 2.18. The molecule has 5 rings (SSSR count). The number of carboxylic acid groups (broad SMARTS) is 1. The van der Waals surface area contributed by atoms with Crippen molar-refractivity contribution >= 4 is 38.3 Å². The summed E-state index contributed by atoms with van der Waals surface area (Å²) in [5.41, 5.74) is 0.779. The first-order valence-corrected chi connectivity index (χ1v) is 9.66. The molecular formula is C20H14FN3O3S. The number of hydrogen-bond donors (Lipinski definition) is 1. The van der Waals surface area contributed by atoms with Gasteiger partial charge in [0.1, 0.15) is 22.8 Å². The van der Waals surface area contributed by atoms with E-state index >= 15 is 0 Å². The minimum absolute atomic E-state index is 0.306. The van der Waals surface area contributed by atoms with Gasteiger partial charge in [0.25, 0.3) is 5.56 Å². The lowest BCUT2D eigenvalue weighted by Gasteiger charge is -2.20. The minimum Gasteiger partial charge on any atom is -0.481 e. The van der Waals surface area contributed by atoms with E-state index in [-0.39, 0.29) is 0 Å². The van der Waals surface area contributed by atoms with E-state index in [0.29, 0.717) is 39.0 Å². The number of aliphatic carboxylic acids is 1. The van der Waals surface area contributed by atoms with E-state index in [4.69, 9.17) is 0 Å². The van der Waals surface area contributed by atoms with Gasteiger partial charge in [0, 0.05) is 10.9 Å². The maximum absolute atomic E-state index is 14.6. The number of hydrogen-bond acceptors (Lipinski definition) is 5. The molecule has 4 aromatic rings. The van der Waals surface area contributed by atoms with Gasteiger partial charge in [-0.05, 0) is 24.6 Å². The molecule has 2 aromatic carbocycles. The molecule has 0 saturated carbocycles. The smallest absolute Gasteiger partial charge is 0.312 e. The molecule has 2 atom stereocenters. The Labute approximate surface area is 161 Å². The van der Waals surface area contributed by atoms with Crippen molar-refractivity contribution in [3.05, 3.63) is 68.8 Å². The van der Waals surface area contributed by atoms with Crippen molar-refractivity contribution in [3.8, 4) is 0 Å². The van der Waals surface area contributed by atoms with Gasteiger partial charge in [-0.1, -0.05) is 25.1 Å². The van der Waals surface area contributed by atoms with Crippen LogP contribution in [0.2, 0.25) is 0 Å². The second-order valence-electron chi connectivity index (χ2n) is 6.74. The Kier molecular flexibility index (Phi) is 3.60. The van der Waals surface area contributed by atoms with Crippen LogP contribution in [-0.4, -0.2) is 25.8 Å². The van der Waals surface area contributed by atoms with E-state index in [1.807, 2.05) is 0 Å². The highest BCUT2D eigenvalue weighted by molar-refractivity contribution is 7.19. The number of aromatic nitrogens is 3. The fraction of sp³-hybridized carbons (Fsp3) is 0.200. The molecule has 140 valence electrons. The first kappa shape index (κ1) is 17.0. The third-order valence-electron chi connectivity index (χ3n) is 5.21. The fourth-order valence-corrected chi connectivity index (χ4v) is 4.96. The molecule has 2 unspecified atom stereocenters. The summed E-state index contributed by atoms with van der Waals surface area (Å²) >= 11 is 1.39. The predicted molar refractivity (Wildman–Crippen MR) is 103 cm³/mol. The number of fused-ring (bicyclic) bond motifs is 2. The molecule has 0 radical (unpaired) electrons. The van der Waals surface area contributed by atoms with Gasteiger partial charge in [0.05, 0.1) is 21.3 Å². The molecule has 2 aromatic heterocycles. The monoisotopic (exact) mass is 395 g/mol. The van der Waals surface area contributed by atoms with Crippen LogP contribution in [0.25, 0.3) is 21.0 Å². The maximum Gasteiger partial charge on any atom is 0.312 e. The first-order valence-electron chi connectivity index (χ1n) is 8.84.